The molecule has 0 aliphatic carbocycles. The van der Waals surface area contributed by atoms with Gasteiger partial charge in [0.2, 0.25) is 0 Å². The van der Waals surface area contributed by atoms with Gasteiger partial charge in [-0.15, -0.1) is 0 Å². The van der Waals surface area contributed by atoms with E-state index in [0.29, 0.717) is 11.3 Å². The normalized spacial score (nSPS) is 11.1. The molecule has 3 N–H and O–H groups in total. The summed E-state index contributed by atoms with van der Waals surface area (Å²) >= 11 is 0. The number of carbonyl (C=O) groups excluding carboxylic acids is 1. The van der Waals surface area contributed by atoms with Crippen LogP contribution in [0.2, 0.25) is 0 Å². The number of anilines is 1. The Labute approximate surface area is 106 Å². The van der Waals surface area contributed by atoms with Gasteiger partial charge in [0, 0.05) is 5.69 Å². The third-order valence-corrected chi connectivity index (χ3v) is 2.66. The van der Waals surface area contributed by atoms with Crippen LogP contribution in [0, 0.1) is 12.3 Å². The second-order valence-corrected chi connectivity index (χ2v) is 4.84. The highest BCUT2D eigenvalue weighted by molar-refractivity contribution is 5.91. The number of hydrogen-bond donors (Lipinski definition) is 2. The number of ether oxygens (including phenoxy) is 1. The predicted molar refractivity (Wildman–Crippen MR) is 67.3 cm³/mol. The average Bonchev–Trinajstić information content (AvgIpc) is 2.29. The van der Waals surface area contributed by atoms with Crippen molar-refractivity contribution in [2.24, 2.45) is 5.41 Å². The summed E-state index contributed by atoms with van der Waals surface area (Å²) in [4.78, 5) is 22.6. The van der Waals surface area contributed by atoms with Gasteiger partial charge in [-0.05, 0) is 38.5 Å². The summed E-state index contributed by atoms with van der Waals surface area (Å²) in [6.07, 6.45) is 0. The van der Waals surface area contributed by atoms with Crippen LogP contribution in [0.15, 0.2) is 18.2 Å². The Morgan fingerprint density at radius 2 is 2.00 bits per heavy atom. The first-order chi connectivity index (χ1) is 8.24. The molecule has 18 heavy (non-hydrogen) atoms. The lowest BCUT2D eigenvalue weighted by Crippen LogP contribution is -2.30. The van der Waals surface area contributed by atoms with Gasteiger partial charge in [-0.2, -0.15) is 0 Å². The van der Waals surface area contributed by atoms with Crippen molar-refractivity contribution in [3.63, 3.8) is 0 Å². The summed E-state index contributed by atoms with van der Waals surface area (Å²) in [5, 5.41) is 8.89. The molecular formula is C13H17NO4. The monoisotopic (exact) mass is 251 g/mol. The molecule has 0 bridgehead atoms. The van der Waals surface area contributed by atoms with Crippen LogP contribution in [0.1, 0.15) is 29.8 Å². The van der Waals surface area contributed by atoms with Gasteiger partial charge in [-0.25, -0.2) is 4.79 Å². The number of nitrogen functional groups attached to an aromatic ring is 1. The second-order valence-electron chi connectivity index (χ2n) is 4.84. The minimum atomic E-state index is -1.11. The summed E-state index contributed by atoms with van der Waals surface area (Å²) in [5.41, 5.74) is 6.27. The minimum Gasteiger partial charge on any atom is -0.481 e. The van der Waals surface area contributed by atoms with Crippen molar-refractivity contribution in [2.75, 3.05) is 12.3 Å². The molecule has 98 valence electrons. The van der Waals surface area contributed by atoms with E-state index in [2.05, 4.69) is 0 Å². The van der Waals surface area contributed by atoms with Gasteiger partial charge in [-0.3, -0.25) is 4.79 Å². The van der Waals surface area contributed by atoms with Crippen LogP contribution in [0.5, 0.6) is 0 Å². The van der Waals surface area contributed by atoms with E-state index < -0.39 is 17.4 Å². The first-order valence-corrected chi connectivity index (χ1v) is 5.50. The van der Waals surface area contributed by atoms with Crippen LogP contribution in [0.3, 0.4) is 0 Å². The van der Waals surface area contributed by atoms with Gasteiger partial charge in [0.05, 0.1) is 11.0 Å². The maximum atomic E-state index is 11.7. The summed E-state index contributed by atoms with van der Waals surface area (Å²) in [6, 6.07) is 4.83. The van der Waals surface area contributed by atoms with E-state index in [9.17, 15) is 9.59 Å². The van der Waals surface area contributed by atoms with Crippen LogP contribution in [0.25, 0.3) is 0 Å². The Hall–Kier alpha value is -2.04. The van der Waals surface area contributed by atoms with Crippen molar-refractivity contribution in [3.8, 4) is 0 Å². The molecule has 0 aliphatic heterocycles. The maximum absolute atomic E-state index is 11.7. The van der Waals surface area contributed by atoms with E-state index in [1.165, 1.54) is 19.9 Å². The van der Waals surface area contributed by atoms with E-state index >= 15 is 0 Å². The average molecular weight is 251 g/mol. The molecule has 0 atom stereocenters. The Morgan fingerprint density at radius 1 is 1.39 bits per heavy atom. The highest BCUT2D eigenvalue weighted by Crippen LogP contribution is 2.18. The summed E-state index contributed by atoms with van der Waals surface area (Å²) < 4.78 is 4.97. The highest BCUT2D eigenvalue weighted by atomic mass is 16.5. The summed E-state index contributed by atoms with van der Waals surface area (Å²) in [6.45, 7) is 4.63. The molecule has 1 aromatic carbocycles. The molecule has 1 rings (SSSR count). The zero-order chi connectivity index (χ0) is 13.9. The molecule has 0 aliphatic rings. The number of carbonyl (C=O) groups is 2. The van der Waals surface area contributed by atoms with Gasteiger partial charge < -0.3 is 15.6 Å². The first-order valence-electron chi connectivity index (χ1n) is 5.50. The van der Waals surface area contributed by atoms with E-state index in [1.807, 2.05) is 6.92 Å². The van der Waals surface area contributed by atoms with Crippen molar-refractivity contribution >= 4 is 17.6 Å². The molecule has 0 saturated heterocycles. The number of hydrogen-bond acceptors (Lipinski definition) is 4. The SMILES string of the molecule is Cc1ccc(C(=O)OCC(C)(C)C(=O)O)cc1N. The Balaban J connectivity index is 2.72. The quantitative estimate of drug-likeness (QED) is 0.629. The molecule has 5 nitrogen and oxygen atoms in total. The van der Waals surface area contributed by atoms with E-state index in [-0.39, 0.29) is 6.61 Å². The molecule has 0 fully saturated rings. The zero-order valence-corrected chi connectivity index (χ0v) is 10.7. The lowest BCUT2D eigenvalue weighted by atomic mass is 9.95. The van der Waals surface area contributed by atoms with Crippen LogP contribution < -0.4 is 5.73 Å². The third kappa shape index (κ3) is 3.23. The highest BCUT2D eigenvalue weighted by Gasteiger charge is 2.29. The fourth-order valence-electron chi connectivity index (χ4n) is 1.16. The lowest BCUT2D eigenvalue weighted by Gasteiger charge is -2.18. The van der Waals surface area contributed by atoms with E-state index in [4.69, 9.17) is 15.6 Å². The Bertz CT molecular complexity index is 480. The molecule has 0 heterocycles. The molecule has 0 saturated carbocycles. The lowest BCUT2D eigenvalue weighted by molar-refractivity contribution is -0.149. The molecule has 5 heteroatoms. The summed E-state index contributed by atoms with van der Waals surface area (Å²) in [7, 11) is 0. The van der Waals surface area contributed by atoms with Crippen LogP contribution in [0.4, 0.5) is 5.69 Å². The molecule has 0 unspecified atom stereocenters. The number of aryl methyl sites for hydroxylation is 1. The van der Waals surface area contributed by atoms with Gasteiger partial charge in [0.25, 0.3) is 0 Å². The van der Waals surface area contributed by atoms with Gasteiger partial charge in [0.15, 0.2) is 0 Å². The smallest absolute Gasteiger partial charge is 0.338 e. The van der Waals surface area contributed by atoms with Crippen LogP contribution in [-0.4, -0.2) is 23.7 Å². The van der Waals surface area contributed by atoms with Crippen LogP contribution >= 0.6 is 0 Å². The summed E-state index contributed by atoms with van der Waals surface area (Å²) in [5.74, 6) is -1.59. The van der Waals surface area contributed by atoms with Crippen LogP contribution in [-0.2, 0) is 9.53 Å². The molecule has 1 aromatic rings. The first kappa shape index (κ1) is 14.0. The van der Waals surface area contributed by atoms with Gasteiger partial charge >= 0.3 is 11.9 Å². The van der Waals surface area contributed by atoms with Gasteiger partial charge in [0.1, 0.15) is 6.61 Å². The van der Waals surface area contributed by atoms with Crippen molar-refractivity contribution < 1.29 is 19.4 Å². The second kappa shape index (κ2) is 5.08. The minimum absolute atomic E-state index is 0.186. The molecule has 0 spiro atoms. The number of carboxylic acid groups (broad SMARTS) is 1. The largest absolute Gasteiger partial charge is 0.481 e. The van der Waals surface area contributed by atoms with Gasteiger partial charge in [-0.1, -0.05) is 6.07 Å². The van der Waals surface area contributed by atoms with Crippen molar-refractivity contribution in [3.05, 3.63) is 29.3 Å². The molecule has 0 aromatic heterocycles. The fourth-order valence-corrected chi connectivity index (χ4v) is 1.16. The number of aliphatic carboxylic acids is 1. The maximum Gasteiger partial charge on any atom is 0.338 e. The standard InChI is InChI=1S/C13H17NO4/c1-8-4-5-9(6-10(8)14)11(15)18-7-13(2,3)12(16)17/h4-6H,7,14H2,1-3H3,(H,16,17). The predicted octanol–water partition coefficient (Wildman–Crippen LogP) is 1.84. The van der Waals surface area contributed by atoms with E-state index in [1.54, 1.807) is 12.1 Å². The topological polar surface area (TPSA) is 89.6 Å². The number of nitrogens with two attached hydrogens (primary N) is 1. The number of benzene rings is 1. The molecule has 0 amide bonds. The fraction of sp³-hybridized carbons (Fsp3) is 0.385. The van der Waals surface area contributed by atoms with Crippen molar-refractivity contribution in [1.82, 2.24) is 0 Å². The van der Waals surface area contributed by atoms with E-state index in [0.717, 1.165) is 5.56 Å². The number of esters is 1. The molecule has 0 radical (unpaired) electrons. The molecular weight excluding hydrogens is 234 g/mol. The zero-order valence-electron chi connectivity index (χ0n) is 10.7. The van der Waals surface area contributed by atoms with Crippen molar-refractivity contribution in [2.45, 2.75) is 20.8 Å². The Kier molecular flexibility index (Phi) is 3.96. The van der Waals surface area contributed by atoms with Crippen molar-refractivity contribution in [1.29, 1.82) is 0 Å². The number of rotatable bonds is 4. The third-order valence-electron chi connectivity index (χ3n) is 2.66. The number of carboxylic acids is 1. The Morgan fingerprint density at radius 3 is 2.50 bits per heavy atom.